The number of rotatable bonds is 9. The van der Waals surface area contributed by atoms with Gasteiger partial charge in [0.15, 0.2) is 0 Å². The van der Waals surface area contributed by atoms with E-state index in [-0.39, 0.29) is 0 Å². The second kappa shape index (κ2) is 9.39. The SMILES string of the molecule is CCSSCCN(C)CCN(C)c1ccc(N)cc1. The second-order valence-electron chi connectivity index (χ2n) is 4.54. The Morgan fingerprint density at radius 2 is 1.68 bits per heavy atom. The molecule has 0 aliphatic heterocycles. The van der Waals surface area contributed by atoms with Crippen molar-refractivity contribution >= 4 is 33.0 Å². The molecule has 2 N–H and O–H groups in total. The first-order valence-corrected chi connectivity index (χ1v) is 9.12. The monoisotopic (exact) mass is 299 g/mol. The third-order valence-electron chi connectivity index (χ3n) is 2.91. The first kappa shape index (κ1) is 16.5. The Hall–Kier alpha value is -0.520. The molecule has 0 heterocycles. The second-order valence-corrected chi connectivity index (χ2v) is 7.42. The fourth-order valence-electron chi connectivity index (χ4n) is 1.63. The molecule has 0 spiro atoms. The highest BCUT2D eigenvalue weighted by atomic mass is 33.1. The van der Waals surface area contributed by atoms with Crippen LogP contribution in [0.5, 0.6) is 0 Å². The van der Waals surface area contributed by atoms with E-state index < -0.39 is 0 Å². The molecule has 5 heteroatoms. The van der Waals surface area contributed by atoms with Crippen LogP contribution in [0, 0.1) is 0 Å². The molecular formula is C14H25N3S2. The van der Waals surface area contributed by atoms with E-state index in [1.54, 1.807) is 0 Å². The van der Waals surface area contributed by atoms with Crippen LogP contribution in [0.2, 0.25) is 0 Å². The fourth-order valence-corrected chi connectivity index (χ4v) is 3.37. The van der Waals surface area contributed by atoms with Gasteiger partial charge in [0.1, 0.15) is 0 Å². The molecule has 0 bridgehead atoms. The zero-order valence-corrected chi connectivity index (χ0v) is 13.8. The molecular weight excluding hydrogens is 274 g/mol. The number of hydrogen-bond acceptors (Lipinski definition) is 5. The van der Waals surface area contributed by atoms with Gasteiger partial charge in [-0.25, -0.2) is 0 Å². The van der Waals surface area contributed by atoms with Crippen molar-refractivity contribution in [3.05, 3.63) is 24.3 Å². The van der Waals surface area contributed by atoms with Crippen LogP contribution in [-0.2, 0) is 0 Å². The summed E-state index contributed by atoms with van der Waals surface area (Å²) in [5.74, 6) is 2.38. The third kappa shape index (κ3) is 6.99. The Bertz CT molecular complexity index is 343. The topological polar surface area (TPSA) is 32.5 Å². The van der Waals surface area contributed by atoms with Gasteiger partial charge in [-0.2, -0.15) is 0 Å². The van der Waals surface area contributed by atoms with E-state index in [2.05, 4.69) is 43.0 Å². The van der Waals surface area contributed by atoms with Crippen molar-refractivity contribution in [2.45, 2.75) is 6.92 Å². The lowest BCUT2D eigenvalue weighted by Gasteiger charge is -2.23. The highest BCUT2D eigenvalue weighted by Crippen LogP contribution is 2.19. The van der Waals surface area contributed by atoms with E-state index in [0.29, 0.717) is 0 Å². The van der Waals surface area contributed by atoms with Gasteiger partial charge >= 0.3 is 0 Å². The summed E-state index contributed by atoms with van der Waals surface area (Å²) in [7, 11) is 8.22. The average Bonchev–Trinajstić information content (AvgIpc) is 2.42. The molecule has 1 rings (SSSR count). The van der Waals surface area contributed by atoms with Crippen LogP contribution in [-0.4, -0.2) is 50.1 Å². The molecule has 3 nitrogen and oxygen atoms in total. The minimum atomic E-state index is 0.819. The van der Waals surface area contributed by atoms with Gasteiger partial charge in [0.2, 0.25) is 0 Å². The predicted octanol–water partition coefficient (Wildman–Crippen LogP) is 3.04. The van der Waals surface area contributed by atoms with Crippen LogP contribution in [0.25, 0.3) is 0 Å². The van der Waals surface area contributed by atoms with Gasteiger partial charge in [0.05, 0.1) is 0 Å². The van der Waals surface area contributed by atoms with E-state index in [9.17, 15) is 0 Å². The van der Waals surface area contributed by atoms with Crippen molar-refractivity contribution in [3.63, 3.8) is 0 Å². The summed E-state index contributed by atoms with van der Waals surface area (Å²) in [6.45, 7) is 5.46. The van der Waals surface area contributed by atoms with Crippen molar-refractivity contribution in [1.29, 1.82) is 0 Å². The summed E-state index contributed by atoms with van der Waals surface area (Å²) in [6.07, 6.45) is 0. The Morgan fingerprint density at radius 1 is 1.00 bits per heavy atom. The standard InChI is InChI=1S/C14H25N3S2/c1-4-18-19-12-11-16(2)9-10-17(3)14-7-5-13(15)6-8-14/h5-8H,4,9-12,15H2,1-3H3. The largest absolute Gasteiger partial charge is 0.399 e. The van der Waals surface area contributed by atoms with Crippen molar-refractivity contribution in [2.24, 2.45) is 0 Å². The van der Waals surface area contributed by atoms with Crippen LogP contribution >= 0.6 is 21.6 Å². The van der Waals surface area contributed by atoms with E-state index >= 15 is 0 Å². The van der Waals surface area contributed by atoms with Gasteiger partial charge in [0, 0.05) is 49.6 Å². The molecule has 108 valence electrons. The molecule has 0 amide bonds. The lowest BCUT2D eigenvalue weighted by molar-refractivity contribution is 0.364. The summed E-state index contributed by atoms with van der Waals surface area (Å²) in [6, 6.07) is 8.05. The number of nitrogens with two attached hydrogens (primary N) is 1. The van der Waals surface area contributed by atoms with E-state index in [1.165, 1.54) is 17.2 Å². The summed E-state index contributed by atoms with van der Waals surface area (Å²) < 4.78 is 0. The fraction of sp³-hybridized carbons (Fsp3) is 0.571. The molecule has 1 aromatic rings. The molecule has 0 aliphatic carbocycles. The van der Waals surface area contributed by atoms with Crippen molar-refractivity contribution < 1.29 is 0 Å². The minimum Gasteiger partial charge on any atom is -0.399 e. The molecule has 0 aromatic heterocycles. The normalized spacial score (nSPS) is 10.9. The number of hydrogen-bond donors (Lipinski definition) is 1. The predicted molar refractivity (Wildman–Crippen MR) is 92.2 cm³/mol. The van der Waals surface area contributed by atoms with Crippen molar-refractivity contribution in [1.82, 2.24) is 4.90 Å². The number of likely N-dealkylation sites (N-methyl/N-ethyl adjacent to an activating group) is 2. The lowest BCUT2D eigenvalue weighted by atomic mass is 10.2. The molecule has 0 aliphatic rings. The Kier molecular flexibility index (Phi) is 8.18. The summed E-state index contributed by atoms with van der Waals surface area (Å²) in [4.78, 5) is 4.65. The first-order valence-electron chi connectivity index (χ1n) is 6.63. The van der Waals surface area contributed by atoms with Crippen LogP contribution in [0.4, 0.5) is 11.4 Å². The molecule has 0 unspecified atom stereocenters. The minimum absolute atomic E-state index is 0.819. The number of anilines is 2. The first-order chi connectivity index (χ1) is 9.13. The molecule has 19 heavy (non-hydrogen) atoms. The highest BCUT2D eigenvalue weighted by Gasteiger charge is 2.03. The Balaban J connectivity index is 2.22. The molecule has 0 saturated heterocycles. The third-order valence-corrected chi connectivity index (χ3v) is 5.37. The van der Waals surface area contributed by atoms with E-state index in [4.69, 9.17) is 5.73 Å². The maximum absolute atomic E-state index is 5.70. The molecule has 1 aromatic carbocycles. The number of nitrogen functional groups attached to an aromatic ring is 1. The number of benzene rings is 1. The summed E-state index contributed by atoms with van der Waals surface area (Å²) in [5, 5.41) is 0. The number of nitrogens with zero attached hydrogens (tertiary/aromatic N) is 2. The molecule has 0 atom stereocenters. The van der Waals surface area contributed by atoms with Crippen LogP contribution in [0.15, 0.2) is 24.3 Å². The smallest absolute Gasteiger partial charge is 0.0365 e. The van der Waals surface area contributed by atoms with Crippen molar-refractivity contribution in [2.75, 3.05) is 55.9 Å². The maximum Gasteiger partial charge on any atom is 0.0365 e. The molecule has 0 radical (unpaired) electrons. The van der Waals surface area contributed by atoms with Crippen LogP contribution in [0.3, 0.4) is 0 Å². The van der Waals surface area contributed by atoms with Gasteiger partial charge in [-0.1, -0.05) is 28.5 Å². The summed E-state index contributed by atoms with van der Waals surface area (Å²) >= 11 is 0. The quantitative estimate of drug-likeness (QED) is 0.430. The average molecular weight is 300 g/mol. The van der Waals surface area contributed by atoms with E-state index in [0.717, 1.165) is 25.3 Å². The zero-order chi connectivity index (χ0) is 14.1. The maximum atomic E-state index is 5.70. The van der Waals surface area contributed by atoms with Crippen LogP contribution in [0.1, 0.15) is 6.92 Å². The molecule has 0 fully saturated rings. The van der Waals surface area contributed by atoms with E-state index in [1.807, 2.05) is 33.7 Å². The molecule has 0 saturated carbocycles. The zero-order valence-electron chi connectivity index (χ0n) is 12.1. The Morgan fingerprint density at radius 3 is 2.32 bits per heavy atom. The van der Waals surface area contributed by atoms with Gasteiger partial charge in [0.25, 0.3) is 0 Å². The van der Waals surface area contributed by atoms with Crippen molar-refractivity contribution in [3.8, 4) is 0 Å². The van der Waals surface area contributed by atoms with Gasteiger partial charge in [-0.05, 0) is 31.3 Å². The van der Waals surface area contributed by atoms with Crippen LogP contribution < -0.4 is 10.6 Å². The van der Waals surface area contributed by atoms with Gasteiger partial charge in [-0.15, -0.1) is 0 Å². The lowest BCUT2D eigenvalue weighted by Crippen LogP contribution is -2.31. The highest BCUT2D eigenvalue weighted by molar-refractivity contribution is 8.76. The summed E-state index contributed by atoms with van der Waals surface area (Å²) in [5.41, 5.74) is 7.74. The van der Waals surface area contributed by atoms with Gasteiger partial charge < -0.3 is 15.5 Å². The Labute approximate surface area is 125 Å². The van der Waals surface area contributed by atoms with Gasteiger partial charge in [-0.3, -0.25) is 0 Å².